The average molecular weight is 329 g/mol. The van der Waals surface area contributed by atoms with Crippen LogP contribution in [0.3, 0.4) is 0 Å². The summed E-state index contributed by atoms with van der Waals surface area (Å²) in [6.45, 7) is 1.90. The molecule has 1 aromatic rings. The molecule has 1 N–H and O–H groups in total. The van der Waals surface area contributed by atoms with Crippen molar-refractivity contribution < 1.29 is 22.7 Å². The summed E-state index contributed by atoms with van der Waals surface area (Å²) in [5.41, 5.74) is -0.805. The van der Waals surface area contributed by atoms with Crippen molar-refractivity contribution in [2.24, 2.45) is 0 Å². The fourth-order valence-corrected chi connectivity index (χ4v) is 2.93. The first-order chi connectivity index (χ1) is 10.9. The van der Waals surface area contributed by atoms with Gasteiger partial charge < -0.3 is 15.0 Å². The highest BCUT2D eigenvalue weighted by Gasteiger charge is 2.34. The SMILES string of the molecule is O=C([C@H]1CCCN1)N1CC[C@@H](Oc2ccc(C(F)(F)F)cn2)C1. The molecular formula is C15H18F3N3O2. The molecule has 2 saturated heterocycles. The van der Waals surface area contributed by atoms with Crippen LogP contribution in [0.4, 0.5) is 13.2 Å². The minimum atomic E-state index is -4.41. The Kier molecular flexibility index (Phi) is 4.43. The van der Waals surface area contributed by atoms with Crippen molar-refractivity contribution in [3.63, 3.8) is 0 Å². The molecule has 2 aliphatic rings. The summed E-state index contributed by atoms with van der Waals surface area (Å²) >= 11 is 0. The van der Waals surface area contributed by atoms with Gasteiger partial charge in [-0.25, -0.2) is 4.98 Å². The van der Waals surface area contributed by atoms with Crippen molar-refractivity contribution in [3.05, 3.63) is 23.9 Å². The first-order valence-corrected chi connectivity index (χ1v) is 7.65. The smallest absolute Gasteiger partial charge is 0.417 e. The van der Waals surface area contributed by atoms with Gasteiger partial charge in [0.1, 0.15) is 6.10 Å². The number of hydrogen-bond donors (Lipinski definition) is 1. The monoisotopic (exact) mass is 329 g/mol. The first kappa shape index (κ1) is 16.0. The molecule has 3 rings (SSSR count). The molecule has 0 saturated carbocycles. The Bertz CT molecular complexity index is 556. The first-order valence-electron chi connectivity index (χ1n) is 7.65. The van der Waals surface area contributed by atoms with Crippen molar-refractivity contribution >= 4 is 5.91 Å². The van der Waals surface area contributed by atoms with E-state index in [1.54, 1.807) is 4.90 Å². The molecule has 2 aliphatic heterocycles. The van der Waals surface area contributed by atoms with Crippen molar-refractivity contribution in [1.82, 2.24) is 15.2 Å². The second-order valence-electron chi connectivity index (χ2n) is 5.84. The van der Waals surface area contributed by atoms with Gasteiger partial charge in [-0.15, -0.1) is 0 Å². The summed E-state index contributed by atoms with van der Waals surface area (Å²) in [6, 6.07) is 2.05. The van der Waals surface area contributed by atoms with E-state index < -0.39 is 11.7 Å². The van der Waals surface area contributed by atoms with E-state index in [9.17, 15) is 18.0 Å². The molecule has 1 aromatic heterocycles. The lowest BCUT2D eigenvalue weighted by Crippen LogP contribution is -2.43. The number of likely N-dealkylation sites (tertiary alicyclic amines) is 1. The fraction of sp³-hybridized carbons (Fsp3) is 0.600. The third-order valence-electron chi connectivity index (χ3n) is 4.17. The van der Waals surface area contributed by atoms with Crippen LogP contribution in [0.1, 0.15) is 24.8 Å². The number of ether oxygens (including phenoxy) is 1. The number of pyridine rings is 1. The van der Waals surface area contributed by atoms with Gasteiger partial charge in [0, 0.05) is 25.2 Å². The van der Waals surface area contributed by atoms with Gasteiger partial charge in [0.15, 0.2) is 0 Å². The van der Waals surface area contributed by atoms with Crippen LogP contribution in [0.5, 0.6) is 5.88 Å². The maximum Gasteiger partial charge on any atom is 0.417 e. The second kappa shape index (κ2) is 6.35. The highest BCUT2D eigenvalue weighted by molar-refractivity contribution is 5.82. The molecule has 3 heterocycles. The van der Waals surface area contributed by atoms with Crippen molar-refractivity contribution in [2.45, 2.75) is 37.6 Å². The second-order valence-corrected chi connectivity index (χ2v) is 5.84. The quantitative estimate of drug-likeness (QED) is 0.919. The number of alkyl halides is 3. The van der Waals surface area contributed by atoms with Crippen LogP contribution in [0.25, 0.3) is 0 Å². The molecule has 0 aromatic carbocycles. The van der Waals surface area contributed by atoms with Gasteiger partial charge in [-0.2, -0.15) is 13.2 Å². The molecule has 0 spiro atoms. The molecule has 1 amide bonds. The normalized spacial score (nSPS) is 24.9. The maximum absolute atomic E-state index is 12.5. The van der Waals surface area contributed by atoms with Crippen LogP contribution in [0.15, 0.2) is 18.3 Å². The van der Waals surface area contributed by atoms with Crippen LogP contribution in [-0.2, 0) is 11.0 Å². The Balaban J connectivity index is 1.54. The van der Waals surface area contributed by atoms with E-state index in [0.717, 1.165) is 31.6 Å². The van der Waals surface area contributed by atoms with Gasteiger partial charge >= 0.3 is 6.18 Å². The fourth-order valence-electron chi connectivity index (χ4n) is 2.93. The van der Waals surface area contributed by atoms with Crippen LogP contribution >= 0.6 is 0 Å². The molecule has 0 bridgehead atoms. The predicted octanol–water partition coefficient (Wildman–Crippen LogP) is 1.83. The van der Waals surface area contributed by atoms with Crippen molar-refractivity contribution in [2.75, 3.05) is 19.6 Å². The number of nitrogens with one attached hydrogen (secondary N) is 1. The Morgan fingerprint density at radius 1 is 1.35 bits per heavy atom. The van der Waals surface area contributed by atoms with Gasteiger partial charge in [0.2, 0.25) is 11.8 Å². The van der Waals surface area contributed by atoms with Crippen LogP contribution in [0.2, 0.25) is 0 Å². The number of aromatic nitrogens is 1. The van der Waals surface area contributed by atoms with Gasteiger partial charge in [-0.3, -0.25) is 4.79 Å². The predicted molar refractivity (Wildman–Crippen MR) is 75.9 cm³/mol. The molecular weight excluding hydrogens is 311 g/mol. The minimum absolute atomic E-state index is 0.0778. The molecule has 2 atom stereocenters. The summed E-state index contributed by atoms with van der Waals surface area (Å²) < 4.78 is 43.0. The molecule has 2 fully saturated rings. The summed E-state index contributed by atoms with van der Waals surface area (Å²) in [7, 11) is 0. The van der Waals surface area contributed by atoms with Gasteiger partial charge in [0.25, 0.3) is 0 Å². The van der Waals surface area contributed by atoms with E-state index in [1.807, 2.05) is 0 Å². The topological polar surface area (TPSA) is 54.5 Å². The Hall–Kier alpha value is -1.83. The number of carbonyl (C=O) groups is 1. The van der Waals surface area contributed by atoms with Gasteiger partial charge in [-0.1, -0.05) is 0 Å². The molecule has 0 aliphatic carbocycles. The summed E-state index contributed by atoms with van der Waals surface area (Å²) in [5, 5.41) is 3.17. The zero-order valence-electron chi connectivity index (χ0n) is 12.5. The number of carbonyl (C=O) groups excluding carboxylic acids is 1. The van der Waals surface area contributed by atoms with E-state index in [-0.39, 0.29) is 23.9 Å². The number of nitrogens with zero attached hydrogens (tertiary/aromatic N) is 2. The van der Waals surface area contributed by atoms with E-state index >= 15 is 0 Å². The lowest BCUT2D eigenvalue weighted by Gasteiger charge is -2.20. The maximum atomic E-state index is 12.5. The van der Waals surface area contributed by atoms with Crippen molar-refractivity contribution in [3.8, 4) is 5.88 Å². The summed E-state index contributed by atoms with van der Waals surface area (Å²) in [5.74, 6) is 0.227. The number of hydrogen-bond acceptors (Lipinski definition) is 4. The highest BCUT2D eigenvalue weighted by atomic mass is 19.4. The Morgan fingerprint density at radius 2 is 2.17 bits per heavy atom. The molecule has 126 valence electrons. The third-order valence-corrected chi connectivity index (χ3v) is 4.17. The Morgan fingerprint density at radius 3 is 2.78 bits per heavy atom. The van der Waals surface area contributed by atoms with E-state index in [1.165, 1.54) is 6.07 Å². The highest BCUT2D eigenvalue weighted by Crippen LogP contribution is 2.29. The number of rotatable bonds is 3. The van der Waals surface area contributed by atoms with Crippen molar-refractivity contribution in [1.29, 1.82) is 0 Å². The minimum Gasteiger partial charge on any atom is -0.472 e. The molecule has 23 heavy (non-hydrogen) atoms. The zero-order valence-corrected chi connectivity index (χ0v) is 12.5. The number of amides is 1. The lowest BCUT2D eigenvalue weighted by molar-refractivity contribution is -0.138. The molecule has 0 unspecified atom stereocenters. The average Bonchev–Trinajstić information content (AvgIpc) is 3.18. The van der Waals surface area contributed by atoms with Gasteiger partial charge in [0.05, 0.1) is 18.2 Å². The molecule has 0 radical (unpaired) electrons. The summed E-state index contributed by atoms with van der Waals surface area (Å²) in [6.07, 6.45) is -1.38. The Labute approximate surface area is 131 Å². The number of halogens is 3. The van der Waals surface area contributed by atoms with E-state index in [0.29, 0.717) is 19.5 Å². The summed E-state index contributed by atoms with van der Waals surface area (Å²) in [4.78, 5) is 17.7. The van der Waals surface area contributed by atoms with E-state index in [2.05, 4.69) is 10.3 Å². The largest absolute Gasteiger partial charge is 0.472 e. The van der Waals surface area contributed by atoms with Crippen LogP contribution in [0, 0.1) is 0 Å². The third kappa shape index (κ3) is 3.74. The van der Waals surface area contributed by atoms with E-state index in [4.69, 9.17) is 4.74 Å². The molecule has 5 nitrogen and oxygen atoms in total. The van der Waals surface area contributed by atoms with Crippen LogP contribution < -0.4 is 10.1 Å². The molecule has 8 heteroatoms. The zero-order chi connectivity index (χ0) is 16.4. The lowest BCUT2D eigenvalue weighted by atomic mass is 10.2. The standard InChI is InChI=1S/C15H18F3N3O2/c16-15(17,18)10-3-4-13(20-8-10)23-11-5-7-21(9-11)14(22)12-2-1-6-19-12/h3-4,8,11-12,19H,1-2,5-7,9H2/t11-,12-/m1/s1. The van der Waals surface area contributed by atoms with Gasteiger partial charge in [-0.05, 0) is 25.5 Å². The van der Waals surface area contributed by atoms with Crippen LogP contribution in [-0.4, -0.2) is 47.6 Å².